The molecular weight excluding hydrogens is 230 g/mol. The first-order valence-corrected chi connectivity index (χ1v) is 6.05. The Labute approximate surface area is 105 Å². The first-order chi connectivity index (χ1) is 8.75. The maximum atomic E-state index is 10.9. The second-order valence-electron chi connectivity index (χ2n) is 4.44. The summed E-state index contributed by atoms with van der Waals surface area (Å²) in [5.74, 6) is 0. The van der Waals surface area contributed by atoms with Crippen molar-refractivity contribution in [1.82, 2.24) is 9.58 Å². The zero-order valence-corrected chi connectivity index (χ0v) is 9.99. The zero-order valence-electron chi connectivity index (χ0n) is 9.99. The normalized spacial score (nSPS) is 16.2. The van der Waals surface area contributed by atoms with Gasteiger partial charge in [-0.1, -0.05) is 18.2 Å². The van der Waals surface area contributed by atoms with Crippen LogP contribution in [0.4, 0.5) is 4.79 Å². The lowest BCUT2D eigenvalue weighted by molar-refractivity contribution is 0.139. The van der Waals surface area contributed by atoms with Crippen molar-refractivity contribution in [2.24, 2.45) is 0 Å². The molecule has 0 saturated carbocycles. The lowest BCUT2D eigenvalue weighted by Gasteiger charge is -2.35. The van der Waals surface area contributed by atoms with Gasteiger partial charge < -0.3 is 15.0 Å². The number of hydrogen-bond donors (Lipinski definition) is 1. The molecule has 0 bridgehead atoms. The van der Waals surface area contributed by atoms with Crippen LogP contribution in [-0.4, -0.2) is 47.0 Å². The predicted molar refractivity (Wildman–Crippen MR) is 69.5 cm³/mol. The molecule has 1 aromatic carbocycles. The fourth-order valence-electron chi connectivity index (χ4n) is 2.42. The monoisotopic (exact) mass is 245 g/mol. The topological polar surface area (TPSA) is 48.7 Å². The van der Waals surface area contributed by atoms with Crippen molar-refractivity contribution in [1.29, 1.82) is 0 Å². The van der Waals surface area contributed by atoms with Crippen molar-refractivity contribution in [2.75, 3.05) is 31.2 Å². The molecule has 1 aliphatic rings. The summed E-state index contributed by atoms with van der Waals surface area (Å²) < 4.78 is 2.12. The van der Waals surface area contributed by atoms with E-state index in [0.717, 1.165) is 13.1 Å². The molecule has 1 aliphatic heterocycles. The summed E-state index contributed by atoms with van der Waals surface area (Å²) in [7, 11) is 0. The van der Waals surface area contributed by atoms with Gasteiger partial charge in [0.15, 0.2) is 0 Å². The highest BCUT2D eigenvalue weighted by Gasteiger charge is 2.20. The van der Waals surface area contributed by atoms with E-state index in [2.05, 4.69) is 27.9 Å². The minimum Gasteiger partial charge on any atom is -0.465 e. The molecule has 1 amide bonds. The lowest BCUT2D eigenvalue weighted by atomic mass is 10.2. The summed E-state index contributed by atoms with van der Waals surface area (Å²) in [6.07, 6.45) is 1.22. The van der Waals surface area contributed by atoms with E-state index in [1.165, 1.54) is 15.8 Å². The van der Waals surface area contributed by atoms with Crippen LogP contribution in [0.5, 0.6) is 0 Å². The van der Waals surface area contributed by atoms with Gasteiger partial charge >= 0.3 is 6.09 Å². The SMILES string of the molecule is O=C(O)N1CCN(n2ccc3ccccc32)CC1. The third-order valence-corrected chi connectivity index (χ3v) is 3.41. The van der Waals surface area contributed by atoms with E-state index >= 15 is 0 Å². The smallest absolute Gasteiger partial charge is 0.407 e. The fraction of sp³-hybridized carbons (Fsp3) is 0.308. The molecule has 18 heavy (non-hydrogen) atoms. The van der Waals surface area contributed by atoms with Gasteiger partial charge in [-0.3, -0.25) is 4.68 Å². The van der Waals surface area contributed by atoms with Crippen LogP contribution in [0.25, 0.3) is 10.9 Å². The molecule has 0 radical (unpaired) electrons. The van der Waals surface area contributed by atoms with Gasteiger partial charge in [-0.25, -0.2) is 4.79 Å². The Kier molecular flexibility index (Phi) is 2.59. The number of fused-ring (bicyclic) bond motifs is 1. The van der Waals surface area contributed by atoms with Crippen LogP contribution in [0, 0.1) is 0 Å². The molecule has 0 atom stereocenters. The van der Waals surface area contributed by atoms with Crippen molar-refractivity contribution in [3.05, 3.63) is 36.5 Å². The number of carbonyl (C=O) groups is 1. The number of piperazine rings is 1. The maximum Gasteiger partial charge on any atom is 0.407 e. The van der Waals surface area contributed by atoms with E-state index in [1.54, 1.807) is 0 Å². The van der Waals surface area contributed by atoms with Crippen molar-refractivity contribution in [3.8, 4) is 0 Å². The number of carboxylic acid groups (broad SMARTS) is 1. The van der Waals surface area contributed by atoms with Crippen molar-refractivity contribution < 1.29 is 9.90 Å². The van der Waals surface area contributed by atoms with E-state index in [9.17, 15) is 4.79 Å². The summed E-state index contributed by atoms with van der Waals surface area (Å²) in [4.78, 5) is 12.3. The molecule has 1 aromatic heterocycles. The van der Waals surface area contributed by atoms with E-state index in [-0.39, 0.29) is 0 Å². The Hall–Kier alpha value is -2.17. The third-order valence-electron chi connectivity index (χ3n) is 3.41. The van der Waals surface area contributed by atoms with E-state index in [1.807, 2.05) is 18.3 Å². The Morgan fingerprint density at radius 1 is 1.06 bits per heavy atom. The highest BCUT2D eigenvalue weighted by molar-refractivity contribution is 5.80. The minimum absolute atomic E-state index is 0.557. The van der Waals surface area contributed by atoms with E-state index < -0.39 is 6.09 Å². The molecule has 5 heteroatoms. The highest BCUT2D eigenvalue weighted by atomic mass is 16.4. The van der Waals surface area contributed by atoms with Crippen LogP contribution in [0.1, 0.15) is 0 Å². The maximum absolute atomic E-state index is 10.9. The number of benzene rings is 1. The number of nitrogens with zero attached hydrogens (tertiary/aromatic N) is 3. The molecule has 1 N–H and O–H groups in total. The summed E-state index contributed by atoms with van der Waals surface area (Å²) in [6.45, 7) is 2.57. The number of rotatable bonds is 1. The summed E-state index contributed by atoms with van der Waals surface area (Å²) in [5, 5.41) is 12.3. The Morgan fingerprint density at radius 3 is 2.50 bits per heavy atom. The fourth-order valence-corrected chi connectivity index (χ4v) is 2.42. The minimum atomic E-state index is -0.827. The van der Waals surface area contributed by atoms with Crippen LogP contribution in [0.3, 0.4) is 0 Å². The molecule has 0 aliphatic carbocycles. The van der Waals surface area contributed by atoms with Crippen LogP contribution in [0.15, 0.2) is 36.5 Å². The number of hydrogen-bond acceptors (Lipinski definition) is 2. The summed E-state index contributed by atoms with van der Waals surface area (Å²) in [5.41, 5.74) is 1.17. The Bertz CT molecular complexity index is 570. The molecule has 2 aromatic rings. The van der Waals surface area contributed by atoms with E-state index in [0.29, 0.717) is 13.1 Å². The van der Waals surface area contributed by atoms with Gasteiger partial charge in [-0.15, -0.1) is 0 Å². The standard InChI is InChI=1S/C13H15N3O2/c17-13(18)14-7-9-15(10-8-14)16-6-5-11-3-1-2-4-12(11)16/h1-6H,7-10H2,(H,17,18). The van der Waals surface area contributed by atoms with Crippen LogP contribution < -0.4 is 5.01 Å². The van der Waals surface area contributed by atoms with Crippen LogP contribution in [0.2, 0.25) is 0 Å². The number of para-hydroxylation sites is 1. The van der Waals surface area contributed by atoms with E-state index in [4.69, 9.17) is 5.11 Å². The van der Waals surface area contributed by atoms with Gasteiger partial charge in [0.2, 0.25) is 0 Å². The summed E-state index contributed by atoms with van der Waals surface area (Å²) in [6, 6.07) is 10.3. The summed E-state index contributed by atoms with van der Waals surface area (Å²) >= 11 is 0. The zero-order chi connectivity index (χ0) is 12.5. The first-order valence-electron chi connectivity index (χ1n) is 6.05. The molecule has 94 valence electrons. The lowest BCUT2D eigenvalue weighted by Crippen LogP contribution is -2.52. The second-order valence-corrected chi connectivity index (χ2v) is 4.44. The Morgan fingerprint density at radius 2 is 1.78 bits per heavy atom. The largest absolute Gasteiger partial charge is 0.465 e. The second kappa shape index (κ2) is 4.25. The average Bonchev–Trinajstić information content (AvgIpc) is 2.82. The first kappa shape index (κ1) is 11.0. The van der Waals surface area contributed by atoms with Crippen LogP contribution in [-0.2, 0) is 0 Å². The average molecular weight is 245 g/mol. The molecule has 0 spiro atoms. The highest BCUT2D eigenvalue weighted by Crippen LogP contribution is 2.16. The van der Waals surface area contributed by atoms with Gasteiger partial charge in [0.25, 0.3) is 0 Å². The van der Waals surface area contributed by atoms with Gasteiger partial charge in [0.1, 0.15) is 0 Å². The van der Waals surface area contributed by atoms with Crippen LogP contribution >= 0.6 is 0 Å². The quantitative estimate of drug-likeness (QED) is 0.829. The van der Waals surface area contributed by atoms with Crippen molar-refractivity contribution in [3.63, 3.8) is 0 Å². The molecule has 3 rings (SSSR count). The van der Waals surface area contributed by atoms with Crippen molar-refractivity contribution >= 4 is 17.0 Å². The number of amides is 1. The Balaban J connectivity index is 1.82. The molecule has 2 heterocycles. The van der Waals surface area contributed by atoms with Gasteiger partial charge in [0, 0.05) is 24.7 Å². The van der Waals surface area contributed by atoms with Gasteiger partial charge in [-0.05, 0) is 12.1 Å². The number of aromatic nitrogens is 1. The molecule has 5 nitrogen and oxygen atoms in total. The van der Waals surface area contributed by atoms with Gasteiger partial charge in [0.05, 0.1) is 18.6 Å². The van der Waals surface area contributed by atoms with Gasteiger partial charge in [-0.2, -0.15) is 0 Å². The molecular formula is C13H15N3O2. The molecule has 1 saturated heterocycles. The van der Waals surface area contributed by atoms with Crippen molar-refractivity contribution in [2.45, 2.75) is 0 Å². The third kappa shape index (κ3) is 1.77. The molecule has 0 unspecified atom stereocenters. The molecule has 1 fully saturated rings. The predicted octanol–water partition coefficient (Wildman–Crippen LogP) is 1.57.